The summed E-state index contributed by atoms with van der Waals surface area (Å²) in [5.41, 5.74) is 1.01. The van der Waals surface area contributed by atoms with Gasteiger partial charge in [0, 0.05) is 37.3 Å². The first-order valence-electron chi connectivity index (χ1n) is 10.6. The lowest BCUT2D eigenvalue weighted by atomic mass is 10.1. The van der Waals surface area contributed by atoms with E-state index in [1.165, 1.54) is 0 Å². The average Bonchev–Trinajstić information content (AvgIpc) is 2.76. The van der Waals surface area contributed by atoms with E-state index in [1.807, 2.05) is 24.8 Å². The van der Waals surface area contributed by atoms with Crippen molar-refractivity contribution in [1.82, 2.24) is 9.80 Å². The summed E-state index contributed by atoms with van der Waals surface area (Å²) in [5, 5.41) is 3.74. The molecule has 3 rings (SSSR count). The van der Waals surface area contributed by atoms with Crippen molar-refractivity contribution in [3.05, 3.63) is 52.0 Å². The molecule has 32 heavy (non-hydrogen) atoms. The molecule has 2 aromatic rings. The molecule has 7 nitrogen and oxygen atoms in total. The number of nitrogens with one attached hydrogen (secondary N) is 1. The Labute approximate surface area is 198 Å². The van der Waals surface area contributed by atoms with Crippen LogP contribution in [0.3, 0.4) is 0 Å². The summed E-state index contributed by atoms with van der Waals surface area (Å²) >= 11 is 12.1. The lowest BCUT2D eigenvalue weighted by molar-refractivity contribution is -0.117. The van der Waals surface area contributed by atoms with Crippen molar-refractivity contribution in [2.75, 3.05) is 51.3 Å². The van der Waals surface area contributed by atoms with E-state index in [-0.39, 0.29) is 18.4 Å². The van der Waals surface area contributed by atoms with Crippen LogP contribution in [-0.2, 0) is 4.79 Å². The Morgan fingerprint density at radius 3 is 2.34 bits per heavy atom. The van der Waals surface area contributed by atoms with Gasteiger partial charge in [-0.05, 0) is 44.2 Å². The fourth-order valence-corrected chi connectivity index (χ4v) is 3.97. The van der Waals surface area contributed by atoms with E-state index in [9.17, 15) is 9.59 Å². The molecule has 1 N–H and O–H groups in total. The Hall–Kier alpha value is -2.48. The van der Waals surface area contributed by atoms with E-state index in [4.69, 9.17) is 32.7 Å². The SMILES string of the molecule is CCOc1ccc(OCC)c(NC(=O)CN2CCN(C(=O)c3ccc(Cl)cc3Cl)CC2)c1. The monoisotopic (exact) mass is 479 g/mol. The molecule has 0 atom stereocenters. The molecule has 1 saturated heterocycles. The van der Waals surface area contributed by atoms with Crippen LogP contribution >= 0.6 is 23.2 Å². The van der Waals surface area contributed by atoms with Crippen LogP contribution in [0.25, 0.3) is 0 Å². The number of rotatable bonds is 8. The molecule has 1 aliphatic heterocycles. The van der Waals surface area contributed by atoms with Crippen LogP contribution in [0.5, 0.6) is 11.5 Å². The van der Waals surface area contributed by atoms with Crippen molar-refractivity contribution in [3.8, 4) is 11.5 Å². The van der Waals surface area contributed by atoms with E-state index < -0.39 is 0 Å². The van der Waals surface area contributed by atoms with Crippen molar-refractivity contribution in [2.45, 2.75) is 13.8 Å². The number of hydrogen-bond donors (Lipinski definition) is 1. The molecular weight excluding hydrogens is 453 g/mol. The highest BCUT2D eigenvalue weighted by Crippen LogP contribution is 2.29. The van der Waals surface area contributed by atoms with Crippen LogP contribution in [0.4, 0.5) is 5.69 Å². The van der Waals surface area contributed by atoms with Gasteiger partial charge in [0.15, 0.2) is 0 Å². The van der Waals surface area contributed by atoms with Gasteiger partial charge in [-0.15, -0.1) is 0 Å². The third-order valence-electron chi connectivity index (χ3n) is 5.02. The maximum atomic E-state index is 12.8. The molecule has 0 aromatic heterocycles. The minimum absolute atomic E-state index is 0.134. The normalized spacial score (nSPS) is 14.2. The maximum absolute atomic E-state index is 12.8. The predicted octanol–water partition coefficient (Wildman–Crippen LogP) is 4.19. The highest BCUT2D eigenvalue weighted by molar-refractivity contribution is 6.36. The zero-order valence-electron chi connectivity index (χ0n) is 18.2. The molecule has 1 fully saturated rings. The molecule has 2 aromatic carbocycles. The summed E-state index contributed by atoms with van der Waals surface area (Å²) in [5.74, 6) is 0.976. The van der Waals surface area contributed by atoms with Gasteiger partial charge < -0.3 is 19.7 Å². The Balaban J connectivity index is 1.55. The number of carbonyl (C=O) groups is 2. The molecule has 0 unspecified atom stereocenters. The van der Waals surface area contributed by atoms with Gasteiger partial charge in [0.25, 0.3) is 5.91 Å². The van der Waals surface area contributed by atoms with Crippen LogP contribution in [0.1, 0.15) is 24.2 Å². The van der Waals surface area contributed by atoms with E-state index >= 15 is 0 Å². The molecule has 9 heteroatoms. The van der Waals surface area contributed by atoms with Gasteiger partial charge in [0.1, 0.15) is 11.5 Å². The minimum atomic E-state index is -0.153. The van der Waals surface area contributed by atoms with Crippen molar-refractivity contribution in [1.29, 1.82) is 0 Å². The minimum Gasteiger partial charge on any atom is -0.494 e. The van der Waals surface area contributed by atoms with Gasteiger partial charge in [0.2, 0.25) is 5.91 Å². The molecule has 0 radical (unpaired) electrons. The van der Waals surface area contributed by atoms with Crippen LogP contribution in [0, 0.1) is 0 Å². The van der Waals surface area contributed by atoms with Gasteiger partial charge in [-0.3, -0.25) is 14.5 Å². The van der Waals surface area contributed by atoms with Crippen molar-refractivity contribution in [3.63, 3.8) is 0 Å². The number of amides is 2. The fourth-order valence-electron chi connectivity index (χ4n) is 3.48. The molecule has 0 aliphatic carbocycles. The molecule has 172 valence electrons. The molecule has 1 heterocycles. The number of nitrogens with zero attached hydrogens (tertiary/aromatic N) is 2. The molecule has 0 spiro atoms. The van der Waals surface area contributed by atoms with E-state index in [2.05, 4.69) is 5.32 Å². The third-order valence-corrected chi connectivity index (χ3v) is 5.57. The van der Waals surface area contributed by atoms with Gasteiger partial charge >= 0.3 is 0 Å². The van der Waals surface area contributed by atoms with Gasteiger partial charge in [-0.2, -0.15) is 0 Å². The Kier molecular flexibility index (Phi) is 8.61. The van der Waals surface area contributed by atoms with E-state index in [0.717, 1.165) is 0 Å². The van der Waals surface area contributed by atoms with Crippen LogP contribution in [-0.4, -0.2) is 67.6 Å². The second-order valence-corrected chi connectivity index (χ2v) is 8.11. The standard InChI is InChI=1S/C23H27Cl2N3O4/c1-3-31-17-6-8-21(32-4-2)20(14-17)26-22(29)15-27-9-11-28(12-10-27)23(30)18-7-5-16(24)13-19(18)25/h5-8,13-14H,3-4,9-12,15H2,1-2H3,(H,26,29). The van der Waals surface area contributed by atoms with E-state index in [1.54, 1.807) is 35.2 Å². The highest BCUT2D eigenvalue weighted by atomic mass is 35.5. The van der Waals surface area contributed by atoms with Crippen LogP contribution in [0.15, 0.2) is 36.4 Å². The molecule has 2 amide bonds. The first kappa shape index (κ1) is 24.2. The van der Waals surface area contributed by atoms with Gasteiger partial charge in [0.05, 0.1) is 36.0 Å². The molecular formula is C23H27Cl2N3O4. The topological polar surface area (TPSA) is 71.1 Å². The van der Waals surface area contributed by atoms with Crippen LogP contribution in [0.2, 0.25) is 10.0 Å². The molecule has 0 saturated carbocycles. The number of piperazine rings is 1. The van der Waals surface area contributed by atoms with Crippen LogP contribution < -0.4 is 14.8 Å². The first-order chi connectivity index (χ1) is 15.4. The summed E-state index contributed by atoms with van der Waals surface area (Å²) in [6.07, 6.45) is 0. The second kappa shape index (κ2) is 11.4. The maximum Gasteiger partial charge on any atom is 0.255 e. The lowest BCUT2D eigenvalue weighted by Crippen LogP contribution is -2.50. The summed E-state index contributed by atoms with van der Waals surface area (Å²) in [4.78, 5) is 29.2. The lowest BCUT2D eigenvalue weighted by Gasteiger charge is -2.34. The zero-order chi connectivity index (χ0) is 23.1. The number of ether oxygens (including phenoxy) is 2. The summed E-state index contributed by atoms with van der Waals surface area (Å²) < 4.78 is 11.1. The quantitative estimate of drug-likeness (QED) is 0.614. The van der Waals surface area contributed by atoms with Crippen molar-refractivity contribution in [2.24, 2.45) is 0 Å². The van der Waals surface area contributed by atoms with E-state index in [0.29, 0.717) is 72.2 Å². The van der Waals surface area contributed by atoms with Crippen molar-refractivity contribution >= 4 is 40.7 Å². The predicted molar refractivity (Wildman–Crippen MR) is 126 cm³/mol. The number of benzene rings is 2. The summed E-state index contributed by atoms with van der Waals surface area (Å²) in [6.45, 7) is 7.22. The number of anilines is 1. The largest absolute Gasteiger partial charge is 0.494 e. The number of hydrogen-bond acceptors (Lipinski definition) is 5. The van der Waals surface area contributed by atoms with Gasteiger partial charge in [-0.25, -0.2) is 0 Å². The van der Waals surface area contributed by atoms with Crippen molar-refractivity contribution < 1.29 is 19.1 Å². The fraction of sp³-hybridized carbons (Fsp3) is 0.391. The Morgan fingerprint density at radius 1 is 0.969 bits per heavy atom. The highest BCUT2D eigenvalue weighted by Gasteiger charge is 2.25. The molecule has 0 bridgehead atoms. The zero-order valence-corrected chi connectivity index (χ0v) is 19.7. The second-order valence-electron chi connectivity index (χ2n) is 7.26. The van der Waals surface area contributed by atoms with Gasteiger partial charge in [-0.1, -0.05) is 23.2 Å². The summed E-state index contributed by atoms with van der Waals surface area (Å²) in [7, 11) is 0. The molecule has 1 aliphatic rings. The smallest absolute Gasteiger partial charge is 0.255 e. The number of halogens is 2. The average molecular weight is 480 g/mol. The first-order valence-corrected chi connectivity index (χ1v) is 11.3. The number of carbonyl (C=O) groups excluding carboxylic acids is 2. The Bertz CT molecular complexity index is 962. The summed E-state index contributed by atoms with van der Waals surface area (Å²) in [6, 6.07) is 10.2. The Morgan fingerprint density at radius 2 is 1.69 bits per heavy atom. The third kappa shape index (κ3) is 6.28.